The van der Waals surface area contributed by atoms with Gasteiger partial charge in [0.05, 0.1) is 17.4 Å². The molecule has 0 saturated heterocycles. The zero-order chi connectivity index (χ0) is 9.42. The van der Waals surface area contributed by atoms with Gasteiger partial charge in [-0.25, -0.2) is 9.37 Å². The Kier molecular flexibility index (Phi) is 1.79. The lowest BCUT2D eigenvalue weighted by Crippen LogP contribution is -1.94. The van der Waals surface area contributed by atoms with Crippen molar-refractivity contribution in [2.45, 2.75) is 19.8 Å². The molecule has 1 heterocycles. The third kappa shape index (κ3) is 1.20. The maximum Gasteiger partial charge on any atom is 0.128 e. The summed E-state index contributed by atoms with van der Waals surface area (Å²) in [5.74, 6) is -0.0124. The second-order valence-electron chi connectivity index (χ2n) is 3.41. The molecule has 2 aromatic rings. The molecule has 0 amide bonds. The summed E-state index contributed by atoms with van der Waals surface area (Å²) in [6.45, 7) is 3.93. The molecule has 0 fully saturated rings. The molecule has 0 aliphatic rings. The number of nitrogens with zero attached hydrogens (tertiary/aromatic N) is 1. The van der Waals surface area contributed by atoms with E-state index >= 15 is 0 Å². The Morgan fingerprint density at radius 3 is 2.85 bits per heavy atom. The minimum atomic E-state index is -0.172. The van der Waals surface area contributed by atoms with Crippen molar-refractivity contribution in [3.8, 4) is 0 Å². The summed E-state index contributed by atoms with van der Waals surface area (Å²) < 4.78 is 13.4. The molecular weight excluding hydrogens is 167 g/mol. The molecule has 3 heteroatoms. The Labute approximate surface area is 75.8 Å². The molecule has 1 aromatic carbocycles. The van der Waals surface area contributed by atoms with Gasteiger partial charge in [-0.05, 0) is 18.1 Å². The topological polar surface area (TPSA) is 28.7 Å². The van der Waals surface area contributed by atoms with Crippen LogP contribution < -0.4 is 0 Å². The van der Waals surface area contributed by atoms with Crippen LogP contribution in [0.4, 0.5) is 4.39 Å². The second-order valence-corrected chi connectivity index (χ2v) is 3.41. The molecule has 68 valence electrons. The van der Waals surface area contributed by atoms with Crippen molar-refractivity contribution in [2.24, 2.45) is 0 Å². The molecule has 0 aliphatic heterocycles. The number of aromatic nitrogens is 2. The molecule has 0 radical (unpaired) electrons. The number of imidazole rings is 1. The first-order chi connectivity index (χ1) is 6.20. The Morgan fingerprint density at radius 2 is 2.15 bits per heavy atom. The van der Waals surface area contributed by atoms with Crippen LogP contribution in [0.1, 0.15) is 25.3 Å². The predicted molar refractivity (Wildman–Crippen MR) is 50.1 cm³/mol. The third-order valence-corrected chi connectivity index (χ3v) is 2.15. The Morgan fingerprint density at radius 1 is 1.38 bits per heavy atom. The van der Waals surface area contributed by atoms with Crippen LogP contribution in [0.3, 0.4) is 0 Å². The van der Waals surface area contributed by atoms with Gasteiger partial charge < -0.3 is 4.98 Å². The fourth-order valence-corrected chi connectivity index (χ4v) is 1.55. The van der Waals surface area contributed by atoms with Crippen molar-refractivity contribution in [1.82, 2.24) is 9.97 Å². The summed E-state index contributed by atoms with van der Waals surface area (Å²) >= 11 is 0. The van der Waals surface area contributed by atoms with E-state index in [9.17, 15) is 4.39 Å². The molecule has 0 spiro atoms. The summed E-state index contributed by atoms with van der Waals surface area (Å²) in [6.07, 6.45) is 1.59. The van der Waals surface area contributed by atoms with Crippen LogP contribution in [0.5, 0.6) is 0 Å². The van der Waals surface area contributed by atoms with E-state index in [0.29, 0.717) is 5.56 Å². The second kappa shape index (κ2) is 2.83. The molecule has 2 nitrogen and oxygen atoms in total. The van der Waals surface area contributed by atoms with Crippen molar-refractivity contribution >= 4 is 11.0 Å². The van der Waals surface area contributed by atoms with Gasteiger partial charge in [0.25, 0.3) is 0 Å². The van der Waals surface area contributed by atoms with Gasteiger partial charge in [-0.2, -0.15) is 0 Å². The van der Waals surface area contributed by atoms with Gasteiger partial charge in [-0.1, -0.05) is 13.8 Å². The highest BCUT2D eigenvalue weighted by atomic mass is 19.1. The standard InChI is InChI=1S/C10H11FN2/c1-6(2)9-7(11)3-4-8-10(9)13-5-12-8/h3-6H,1-2H3,(H,12,13). The normalized spacial score (nSPS) is 11.4. The number of rotatable bonds is 1. The van der Waals surface area contributed by atoms with E-state index < -0.39 is 0 Å². The molecule has 1 aromatic heterocycles. The molecule has 0 bridgehead atoms. The van der Waals surface area contributed by atoms with E-state index in [4.69, 9.17) is 0 Å². The van der Waals surface area contributed by atoms with Gasteiger partial charge in [0.15, 0.2) is 0 Å². The van der Waals surface area contributed by atoms with E-state index in [2.05, 4.69) is 9.97 Å². The van der Waals surface area contributed by atoms with Crippen molar-refractivity contribution in [3.63, 3.8) is 0 Å². The molecule has 0 saturated carbocycles. The van der Waals surface area contributed by atoms with Crippen LogP contribution in [0, 0.1) is 5.82 Å². The molecule has 0 aliphatic carbocycles. The minimum absolute atomic E-state index is 0.159. The van der Waals surface area contributed by atoms with E-state index in [1.54, 1.807) is 12.4 Å². The van der Waals surface area contributed by atoms with Crippen LogP contribution in [-0.2, 0) is 0 Å². The van der Waals surface area contributed by atoms with E-state index in [1.165, 1.54) is 6.07 Å². The van der Waals surface area contributed by atoms with Gasteiger partial charge in [0, 0.05) is 5.56 Å². The average molecular weight is 178 g/mol. The molecular formula is C10H11FN2. The molecule has 1 N–H and O–H groups in total. The lowest BCUT2D eigenvalue weighted by atomic mass is 10.0. The highest BCUT2D eigenvalue weighted by Crippen LogP contribution is 2.25. The van der Waals surface area contributed by atoms with Crippen LogP contribution >= 0.6 is 0 Å². The number of benzene rings is 1. The largest absolute Gasteiger partial charge is 0.345 e. The highest BCUT2D eigenvalue weighted by molar-refractivity contribution is 5.78. The first kappa shape index (κ1) is 8.23. The van der Waals surface area contributed by atoms with Gasteiger partial charge >= 0.3 is 0 Å². The Balaban J connectivity index is 2.80. The molecule has 0 unspecified atom stereocenters. The summed E-state index contributed by atoms with van der Waals surface area (Å²) in [5, 5.41) is 0. The molecule has 2 rings (SSSR count). The number of H-pyrrole nitrogens is 1. The average Bonchev–Trinajstić information content (AvgIpc) is 2.50. The molecule has 0 atom stereocenters. The number of fused-ring (bicyclic) bond motifs is 1. The van der Waals surface area contributed by atoms with E-state index in [-0.39, 0.29) is 11.7 Å². The Hall–Kier alpha value is -1.38. The van der Waals surface area contributed by atoms with Crippen LogP contribution in [-0.4, -0.2) is 9.97 Å². The first-order valence-electron chi connectivity index (χ1n) is 4.31. The first-order valence-corrected chi connectivity index (χ1v) is 4.31. The summed E-state index contributed by atoms with van der Waals surface area (Å²) in [6, 6.07) is 3.19. The lowest BCUT2D eigenvalue weighted by Gasteiger charge is -2.06. The van der Waals surface area contributed by atoms with Crippen LogP contribution in [0.25, 0.3) is 11.0 Å². The van der Waals surface area contributed by atoms with Crippen molar-refractivity contribution in [3.05, 3.63) is 29.8 Å². The van der Waals surface area contributed by atoms with Gasteiger partial charge in [-0.3, -0.25) is 0 Å². The SMILES string of the molecule is CC(C)c1c(F)ccc2[nH]cnc12. The summed E-state index contributed by atoms with van der Waals surface area (Å²) in [7, 11) is 0. The predicted octanol–water partition coefficient (Wildman–Crippen LogP) is 2.83. The van der Waals surface area contributed by atoms with Crippen molar-refractivity contribution in [2.75, 3.05) is 0 Å². The number of nitrogens with one attached hydrogen (secondary N) is 1. The zero-order valence-corrected chi connectivity index (χ0v) is 7.63. The number of hydrogen-bond donors (Lipinski definition) is 1. The fraction of sp³-hybridized carbons (Fsp3) is 0.300. The van der Waals surface area contributed by atoms with Gasteiger partial charge in [0.1, 0.15) is 5.82 Å². The number of aromatic amines is 1. The van der Waals surface area contributed by atoms with Gasteiger partial charge in [0.2, 0.25) is 0 Å². The fourth-order valence-electron chi connectivity index (χ4n) is 1.55. The number of hydrogen-bond acceptors (Lipinski definition) is 1. The minimum Gasteiger partial charge on any atom is -0.345 e. The quantitative estimate of drug-likeness (QED) is 0.714. The van der Waals surface area contributed by atoms with Crippen LogP contribution in [0.2, 0.25) is 0 Å². The molecule has 13 heavy (non-hydrogen) atoms. The zero-order valence-electron chi connectivity index (χ0n) is 7.63. The maximum atomic E-state index is 13.4. The lowest BCUT2D eigenvalue weighted by molar-refractivity contribution is 0.601. The van der Waals surface area contributed by atoms with Crippen molar-refractivity contribution < 1.29 is 4.39 Å². The van der Waals surface area contributed by atoms with E-state index in [0.717, 1.165) is 11.0 Å². The monoisotopic (exact) mass is 178 g/mol. The summed E-state index contributed by atoms with van der Waals surface area (Å²) in [5.41, 5.74) is 2.33. The smallest absolute Gasteiger partial charge is 0.128 e. The number of halogens is 1. The highest BCUT2D eigenvalue weighted by Gasteiger charge is 2.12. The third-order valence-electron chi connectivity index (χ3n) is 2.15. The van der Waals surface area contributed by atoms with Gasteiger partial charge in [-0.15, -0.1) is 0 Å². The van der Waals surface area contributed by atoms with Crippen LogP contribution in [0.15, 0.2) is 18.5 Å². The summed E-state index contributed by atoms with van der Waals surface area (Å²) in [4.78, 5) is 7.07. The van der Waals surface area contributed by atoms with E-state index in [1.807, 2.05) is 13.8 Å². The maximum absolute atomic E-state index is 13.4. The Bertz CT molecular complexity index is 431. The van der Waals surface area contributed by atoms with Crippen molar-refractivity contribution in [1.29, 1.82) is 0 Å².